The monoisotopic (exact) mass is 377 g/mol. The Kier molecular flexibility index (Phi) is 5.42. The molecule has 0 bridgehead atoms. The van der Waals surface area contributed by atoms with Crippen molar-refractivity contribution >= 4 is 16.6 Å². The van der Waals surface area contributed by atoms with E-state index < -0.39 is 0 Å². The smallest absolute Gasteiger partial charge is 0.0845 e. The van der Waals surface area contributed by atoms with Crippen molar-refractivity contribution in [3.05, 3.63) is 65.4 Å². The van der Waals surface area contributed by atoms with Gasteiger partial charge in [-0.15, -0.1) is 0 Å². The van der Waals surface area contributed by atoms with E-state index in [9.17, 15) is 5.11 Å². The molecule has 4 nitrogen and oxygen atoms in total. The highest BCUT2D eigenvalue weighted by atomic mass is 16.3. The average molecular weight is 378 g/mol. The number of para-hydroxylation sites is 1. The first-order chi connectivity index (χ1) is 13.5. The number of nitrogens with zero attached hydrogens (tertiary/aromatic N) is 3. The van der Waals surface area contributed by atoms with E-state index >= 15 is 0 Å². The van der Waals surface area contributed by atoms with E-state index in [1.54, 1.807) is 0 Å². The molecule has 1 aliphatic rings. The van der Waals surface area contributed by atoms with Gasteiger partial charge in [0.05, 0.1) is 12.6 Å². The first-order valence-electron chi connectivity index (χ1n) is 10.3. The SMILES string of the molecule is Cc1ccc(N2CCN(CC(O)Cn3c(C)c(C)c4ccccc43)CC2)cc1. The Bertz CT molecular complexity index is 936. The van der Waals surface area contributed by atoms with E-state index in [4.69, 9.17) is 0 Å². The minimum absolute atomic E-state index is 0.361. The number of aromatic nitrogens is 1. The van der Waals surface area contributed by atoms with Gasteiger partial charge in [-0.25, -0.2) is 0 Å². The van der Waals surface area contributed by atoms with Gasteiger partial charge >= 0.3 is 0 Å². The lowest BCUT2D eigenvalue weighted by molar-refractivity contribution is 0.0956. The van der Waals surface area contributed by atoms with E-state index in [1.807, 2.05) is 0 Å². The first kappa shape index (κ1) is 19.0. The number of fused-ring (bicyclic) bond motifs is 1. The summed E-state index contributed by atoms with van der Waals surface area (Å²) in [5.41, 5.74) is 6.39. The summed E-state index contributed by atoms with van der Waals surface area (Å²) in [6.45, 7) is 11.9. The maximum Gasteiger partial charge on any atom is 0.0845 e. The van der Waals surface area contributed by atoms with Crippen LogP contribution in [-0.2, 0) is 6.54 Å². The van der Waals surface area contributed by atoms with Crippen LogP contribution in [-0.4, -0.2) is 53.4 Å². The molecular weight excluding hydrogens is 346 g/mol. The predicted molar refractivity (Wildman–Crippen MR) is 117 cm³/mol. The molecule has 1 aliphatic heterocycles. The van der Waals surface area contributed by atoms with Crippen LogP contribution < -0.4 is 4.90 Å². The maximum atomic E-state index is 10.8. The number of anilines is 1. The fraction of sp³-hybridized carbons (Fsp3) is 0.417. The Morgan fingerprint density at radius 2 is 1.54 bits per heavy atom. The van der Waals surface area contributed by atoms with Crippen LogP contribution in [0.4, 0.5) is 5.69 Å². The molecule has 1 fully saturated rings. The van der Waals surface area contributed by atoms with Gasteiger partial charge in [-0.1, -0.05) is 35.9 Å². The number of rotatable bonds is 5. The number of aryl methyl sites for hydroxylation is 2. The zero-order valence-corrected chi connectivity index (χ0v) is 17.2. The van der Waals surface area contributed by atoms with Gasteiger partial charge in [0.2, 0.25) is 0 Å². The van der Waals surface area contributed by atoms with E-state index in [0.29, 0.717) is 6.54 Å². The molecule has 1 atom stereocenters. The van der Waals surface area contributed by atoms with Crippen LogP contribution in [0.1, 0.15) is 16.8 Å². The molecule has 148 valence electrons. The van der Waals surface area contributed by atoms with Crippen molar-refractivity contribution in [2.24, 2.45) is 0 Å². The number of benzene rings is 2. The van der Waals surface area contributed by atoms with Crippen molar-refractivity contribution in [3.63, 3.8) is 0 Å². The highest BCUT2D eigenvalue weighted by molar-refractivity contribution is 5.85. The molecule has 4 rings (SSSR count). The third-order valence-electron chi connectivity index (χ3n) is 6.18. The fourth-order valence-electron chi connectivity index (χ4n) is 4.35. The summed E-state index contributed by atoms with van der Waals surface area (Å²) < 4.78 is 2.28. The molecule has 1 saturated heterocycles. The highest BCUT2D eigenvalue weighted by Crippen LogP contribution is 2.25. The van der Waals surface area contributed by atoms with Crippen molar-refractivity contribution in [1.82, 2.24) is 9.47 Å². The standard InChI is InChI=1S/C24H31N3O/c1-18-8-10-21(11-9-18)26-14-12-25(13-15-26)16-22(28)17-27-20(3)19(2)23-6-4-5-7-24(23)27/h4-11,22,28H,12-17H2,1-3H3. The van der Waals surface area contributed by atoms with E-state index in [0.717, 1.165) is 32.7 Å². The summed E-state index contributed by atoms with van der Waals surface area (Å²) in [5.74, 6) is 0. The second-order valence-electron chi connectivity index (χ2n) is 8.12. The number of hydrogen-bond acceptors (Lipinski definition) is 3. The molecule has 0 aliphatic carbocycles. The third-order valence-corrected chi connectivity index (χ3v) is 6.18. The van der Waals surface area contributed by atoms with Crippen molar-refractivity contribution in [3.8, 4) is 0 Å². The van der Waals surface area contributed by atoms with Crippen LogP contribution in [0.5, 0.6) is 0 Å². The van der Waals surface area contributed by atoms with E-state index in [-0.39, 0.29) is 6.10 Å². The van der Waals surface area contributed by atoms with Crippen LogP contribution in [0.3, 0.4) is 0 Å². The summed E-state index contributed by atoms with van der Waals surface area (Å²) in [5, 5.41) is 12.1. The quantitative estimate of drug-likeness (QED) is 0.735. The minimum atomic E-state index is -0.361. The lowest BCUT2D eigenvalue weighted by Crippen LogP contribution is -2.49. The number of hydrogen-bond donors (Lipinski definition) is 1. The fourth-order valence-corrected chi connectivity index (χ4v) is 4.35. The minimum Gasteiger partial charge on any atom is -0.390 e. The van der Waals surface area contributed by atoms with Crippen LogP contribution in [0.15, 0.2) is 48.5 Å². The second-order valence-corrected chi connectivity index (χ2v) is 8.12. The third kappa shape index (κ3) is 3.80. The van der Waals surface area contributed by atoms with Crippen molar-refractivity contribution in [2.45, 2.75) is 33.4 Å². The van der Waals surface area contributed by atoms with Gasteiger partial charge in [0.15, 0.2) is 0 Å². The van der Waals surface area contributed by atoms with Gasteiger partial charge in [0.25, 0.3) is 0 Å². The Morgan fingerprint density at radius 3 is 2.25 bits per heavy atom. The zero-order chi connectivity index (χ0) is 19.7. The first-order valence-corrected chi connectivity index (χ1v) is 10.3. The van der Waals surface area contributed by atoms with Crippen LogP contribution in [0, 0.1) is 20.8 Å². The maximum absolute atomic E-state index is 10.8. The summed E-state index contributed by atoms with van der Waals surface area (Å²) in [7, 11) is 0. The number of aliphatic hydroxyl groups is 1. The van der Waals surface area contributed by atoms with Crippen molar-refractivity contribution in [1.29, 1.82) is 0 Å². The number of β-amino-alcohol motifs (C(OH)–C–C–N with tert-alkyl or cyclic N) is 1. The predicted octanol–water partition coefficient (Wildman–Crippen LogP) is 3.75. The average Bonchev–Trinajstić information content (AvgIpc) is 2.94. The van der Waals surface area contributed by atoms with Gasteiger partial charge in [-0.3, -0.25) is 4.90 Å². The zero-order valence-electron chi connectivity index (χ0n) is 17.2. The molecule has 4 heteroatoms. The van der Waals surface area contributed by atoms with Crippen molar-refractivity contribution in [2.75, 3.05) is 37.6 Å². The van der Waals surface area contributed by atoms with Gasteiger partial charge < -0.3 is 14.6 Å². The molecular formula is C24H31N3O. The normalized spacial score (nSPS) is 16.6. The van der Waals surface area contributed by atoms with Gasteiger partial charge in [-0.05, 0) is 44.5 Å². The molecule has 2 heterocycles. The molecule has 28 heavy (non-hydrogen) atoms. The molecule has 3 aromatic rings. The Labute approximate surface area is 168 Å². The van der Waals surface area contributed by atoms with Crippen LogP contribution >= 0.6 is 0 Å². The lowest BCUT2D eigenvalue weighted by Gasteiger charge is -2.37. The van der Waals surface area contributed by atoms with Crippen LogP contribution in [0.2, 0.25) is 0 Å². The molecule has 1 aromatic heterocycles. The summed E-state index contributed by atoms with van der Waals surface area (Å²) in [6, 6.07) is 17.3. The van der Waals surface area contributed by atoms with Crippen LogP contribution in [0.25, 0.3) is 10.9 Å². The Hall–Kier alpha value is -2.30. The second kappa shape index (κ2) is 7.98. The molecule has 0 amide bonds. The van der Waals surface area contributed by atoms with Gasteiger partial charge in [-0.2, -0.15) is 0 Å². The number of aliphatic hydroxyl groups excluding tert-OH is 1. The molecule has 2 aromatic carbocycles. The highest BCUT2D eigenvalue weighted by Gasteiger charge is 2.21. The summed E-state index contributed by atoms with van der Waals surface area (Å²) >= 11 is 0. The molecule has 0 spiro atoms. The molecule has 0 radical (unpaired) electrons. The van der Waals surface area contributed by atoms with Gasteiger partial charge in [0.1, 0.15) is 0 Å². The summed E-state index contributed by atoms with van der Waals surface area (Å²) in [4.78, 5) is 4.83. The topological polar surface area (TPSA) is 31.6 Å². The lowest BCUT2D eigenvalue weighted by atomic mass is 10.2. The molecule has 1 N–H and O–H groups in total. The Balaban J connectivity index is 1.36. The molecule has 1 unspecified atom stereocenters. The number of piperazine rings is 1. The Morgan fingerprint density at radius 1 is 0.857 bits per heavy atom. The van der Waals surface area contributed by atoms with Crippen molar-refractivity contribution < 1.29 is 5.11 Å². The molecule has 0 saturated carbocycles. The summed E-state index contributed by atoms with van der Waals surface area (Å²) in [6.07, 6.45) is -0.361. The van der Waals surface area contributed by atoms with E-state index in [2.05, 4.69) is 83.7 Å². The largest absolute Gasteiger partial charge is 0.390 e. The van der Waals surface area contributed by atoms with E-state index in [1.165, 1.54) is 33.4 Å². The van der Waals surface area contributed by atoms with Gasteiger partial charge in [0, 0.05) is 55.0 Å².